The van der Waals surface area contributed by atoms with Crippen LogP contribution >= 0.6 is 19.2 Å². The molecular formula is C10H18ClOP. The molecule has 0 aromatic heterocycles. The van der Waals surface area contributed by atoms with Gasteiger partial charge in [0.15, 0.2) is 0 Å². The Morgan fingerprint density at radius 3 is 2.23 bits per heavy atom. The predicted molar refractivity (Wildman–Crippen MR) is 58.3 cm³/mol. The molecule has 2 aliphatic carbocycles. The van der Waals surface area contributed by atoms with Crippen LogP contribution in [-0.2, 0) is 0 Å². The van der Waals surface area contributed by atoms with Gasteiger partial charge in [-0.2, -0.15) is 0 Å². The fourth-order valence-corrected chi connectivity index (χ4v) is 5.25. The van der Waals surface area contributed by atoms with E-state index < -0.39 is 5.34 Å². The highest BCUT2D eigenvalue weighted by Gasteiger charge is 2.68. The maximum absolute atomic E-state index is 10.5. The van der Waals surface area contributed by atoms with Gasteiger partial charge in [0.05, 0.1) is 0 Å². The molecule has 1 N–H and O–H groups in total. The van der Waals surface area contributed by atoms with Crippen LogP contribution in [0, 0.1) is 16.7 Å². The van der Waals surface area contributed by atoms with E-state index in [1.807, 2.05) is 0 Å². The molecule has 0 spiro atoms. The Morgan fingerprint density at radius 2 is 2.00 bits per heavy atom. The van der Waals surface area contributed by atoms with E-state index in [1.165, 1.54) is 6.42 Å². The lowest BCUT2D eigenvalue weighted by atomic mass is 9.69. The van der Waals surface area contributed by atoms with E-state index in [1.54, 1.807) is 0 Å². The molecule has 2 fully saturated rings. The molecule has 3 heteroatoms. The zero-order valence-corrected chi connectivity index (χ0v) is 10.3. The second-order valence-corrected chi connectivity index (χ2v) is 7.03. The lowest BCUT2D eigenvalue weighted by molar-refractivity contribution is -0.0177. The molecule has 13 heavy (non-hydrogen) atoms. The Hall–Kier alpha value is 0.680. The second kappa shape index (κ2) is 2.62. The molecule has 0 aromatic rings. The molecule has 0 aliphatic heterocycles. The van der Waals surface area contributed by atoms with E-state index >= 15 is 0 Å². The van der Waals surface area contributed by atoms with Crippen LogP contribution in [0.3, 0.4) is 0 Å². The van der Waals surface area contributed by atoms with Crippen LogP contribution in [0.15, 0.2) is 0 Å². The molecule has 2 saturated carbocycles. The Bertz CT molecular complexity index is 243. The summed E-state index contributed by atoms with van der Waals surface area (Å²) in [5.41, 5.74) is 0.314. The van der Waals surface area contributed by atoms with Crippen LogP contribution in [0.25, 0.3) is 0 Å². The molecule has 0 saturated heterocycles. The average molecular weight is 221 g/mol. The normalized spacial score (nSPS) is 53.8. The summed E-state index contributed by atoms with van der Waals surface area (Å²) in [5.74, 6) is 0.675. The highest BCUT2D eigenvalue weighted by molar-refractivity contribution is 7.69. The van der Waals surface area contributed by atoms with Crippen LogP contribution in [-0.4, -0.2) is 10.4 Å². The van der Waals surface area contributed by atoms with E-state index in [0.717, 1.165) is 12.8 Å². The maximum atomic E-state index is 10.5. The van der Waals surface area contributed by atoms with Crippen molar-refractivity contribution in [1.82, 2.24) is 0 Å². The zero-order valence-electron chi connectivity index (χ0n) is 8.52. The monoisotopic (exact) mass is 220 g/mol. The smallest absolute Gasteiger partial charge is 0.101 e. The number of hydrogen-bond acceptors (Lipinski definition) is 1. The predicted octanol–water partition coefficient (Wildman–Crippen LogP) is 3.35. The first-order chi connectivity index (χ1) is 5.87. The van der Waals surface area contributed by atoms with Crippen LogP contribution in [0.4, 0.5) is 0 Å². The van der Waals surface area contributed by atoms with Gasteiger partial charge in [0.1, 0.15) is 5.34 Å². The van der Waals surface area contributed by atoms with Crippen molar-refractivity contribution >= 4 is 19.2 Å². The third-order valence-electron chi connectivity index (χ3n) is 5.05. The molecule has 2 bridgehead atoms. The number of hydrogen-bond donors (Lipinski definition) is 1. The quantitative estimate of drug-likeness (QED) is 0.672. The van der Waals surface area contributed by atoms with Gasteiger partial charge in [-0.05, 0) is 30.6 Å². The summed E-state index contributed by atoms with van der Waals surface area (Å²) in [5, 5.41) is 9.88. The zero-order chi connectivity index (χ0) is 9.91. The summed E-state index contributed by atoms with van der Waals surface area (Å²) in [4.78, 5) is 0. The Labute approximate surface area is 86.8 Å². The van der Waals surface area contributed by atoms with Gasteiger partial charge in [0.2, 0.25) is 0 Å². The number of aliphatic hydroxyl groups is 1. The largest absolute Gasteiger partial charge is 0.384 e. The fourth-order valence-electron chi connectivity index (χ4n) is 3.42. The van der Waals surface area contributed by atoms with Gasteiger partial charge in [-0.25, -0.2) is 0 Å². The highest BCUT2D eigenvalue weighted by atomic mass is 35.7. The average Bonchev–Trinajstić information content (AvgIpc) is 2.36. The van der Waals surface area contributed by atoms with Crippen LogP contribution < -0.4 is 0 Å². The highest BCUT2D eigenvalue weighted by Crippen LogP contribution is 2.74. The number of rotatable bonds is 1. The third-order valence-corrected chi connectivity index (χ3v) is 7.05. The van der Waals surface area contributed by atoms with Crippen LogP contribution in [0.1, 0.15) is 40.0 Å². The summed E-state index contributed by atoms with van der Waals surface area (Å²) >= 11 is 5.94. The molecule has 0 amide bonds. The maximum Gasteiger partial charge on any atom is 0.101 e. The first-order valence-corrected chi connectivity index (χ1v) is 6.99. The Balaban J connectivity index is 2.44. The third kappa shape index (κ3) is 0.967. The summed E-state index contributed by atoms with van der Waals surface area (Å²) in [7, 11) is 0.147. The van der Waals surface area contributed by atoms with E-state index in [2.05, 4.69) is 20.8 Å². The lowest BCUT2D eigenvalue weighted by Crippen LogP contribution is -2.43. The van der Waals surface area contributed by atoms with Gasteiger partial charge in [0, 0.05) is 13.3 Å². The van der Waals surface area contributed by atoms with E-state index in [4.69, 9.17) is 11.2 Å². The van der Waals surface area contributed by atoms with Crippen molar-refractivity contribution in [2.75, 3.05) is 0 Å². The molecule has 0 radical (unpaired) electrons. The fraction of sp³-hybridized carbons (Fsp3) is 1.00. The van der Waals surface area contributed by atoms with Gasteiger partial charge in [0.25, 0.3) is 0 Å². The minimum Gasteiger partial charge on any atom is -0.384 e. The van der Waals surface area contributed by atoms with Crippen molar-refractivity contribution in [3.8, 4) is 0 Å². The molecule has 4 atom stereocenters. The molecule has 2 rings (SSSR count). The minimum atomic E-state index is -0.582. The Morgan fingerprint density at radius 1 is 1.38 bits per heavy atom. The molecule has 0 aromatic carbocycles. The first-order valence-electron chi connectivity index (χ1n) is 4.97. The van der Waals surface area contributed by atoms with Crippen molar-refractivity contribution in [2.45, 2.75) is 45.4 Å². The van der Waals surface area contributed by atoms with Gasteiger partial charge in [-0.15, -0.1) is 0 Å². The van der Waals surface area contributed by atoms with Crippen molar-refractivity contribution in [3.63, 3.8) is 0 Å². The van der Waals surface area contributed by atoms with Gasteiger partial charge >= 0.3 is 0 Å². The van der Waals surface area contributed by atoms with Crippen molar-refractivity contribution in [2.24, 2.45) is 16.7 Å². The molecule has 0 heterocycles. The van der Waals surface area contributed by atoms with E-state index in [0.29, 0.717) is 5.92 Å². The van der Waals surface area contributed by atoms with E-state index in [-0.39, 0.29) is 18.8 Å². The van der Waals surface area contributed by atoms with Crippen molar-refractivity contribution < 1.29 is 5.11 Å². The summed E-state index contributed by atoms with van der Waals surface area (Å²) in [6.07, 6.45) is 3.33. The van der Waals surface area contributed by atoms with Gasteiger partial charge in [-0.3, -0.25) is 0 Å². The molecule has 2 aliphatic rings. The first kappa shape index (κ1) is 10.2. The minimum absolute atomic E-state index is 0.0465. The van der Waals surface area contributed by atoms with Gasteiger partial charge in [-0.1, -0.05) is 32.0 Å². The summed E-state index contributed by atoms with van der Waals surface area (Å²) < 4.78 is 0. The van der Waals surface area contributed by atoms with Crippen LogP contribution in [0.5, 0.6) is 0 Å². The standard InChI is InChI=1S/C10H18ClOP/c1-8(2)7-4-5-9(8,3)10(12,6-7)13-11/h7,12-13H,4-6H2,1-3H3. The Kier molecular flexibility index (Phi) is 2.06. The number of halogens is 1. The molecule has 76 valence electrons. The number of fused-ring (bicyclic) bond motifs is 2. The van der Waals surface area contributed by atoms with Gasteiger partial charge < -0.3 is 5.11 Å². The SMILES string of the molecule is CC1(C)C2CCC1(C)C(O)(PCl)C2. The van der Waals surface area contributed by atoms with Crippen LogP contribution in [0.2, 0.25) is 0 Å². The summed E-state index contributed by atoms with van der Waals surface area (Å²) in [6.45, 7) is 6.80. The molecule has 4 unspecified atom stereocenters. The summed E-state index contributed by atoms with van der Waals surface area (Å²) in [6, 6.07) is 0. The molecule has 1 nitrogen and oxygen atoms in total. The second-order valence-electron chi connectivity index (χ2n) is 5.45. The van der Waals surface area contributed by atoms with E-state index in [9.17, 15) is 5.11 Å². The molecular weight excluding hydrogens is 203 g/mol. The van der Waals surface area contributed by atoms with Crippen molar-refractivity contribution in [3.05, 3.63) is 0 Å². The topological polar surface area (TPSA) is 20.2 Å². The van der Waals surface area contributed by atoms with Crippen molar-refractivity contribution in [1.29, 1.82) is 0 Å². The lowest BCUT2D eigenvalue weighted by Gasteiger charge is -2.44.